The lowest BCUT2D eigenvalue weighted by molar-refractivity contribution is -0.120. The number of hydrogen-bond acceptors (Lipinski definition) is 4. The van der Waals surface area contributed by atoms with Crippen LogP contribution < -0.4 is 10.6 Å². The number of rotatable bonds is 6. The molecule has 118 valence electrons. The van der Waals surface area contributed by atoms with Gasteiger partial charge in [0.15, 0.2) is 0 Å². The normalized spacial score (nSPS) is 17.0. The van der Waals surface area contributed by atoms with E-state index in [0.29, 0.717) is 25.1 Å². The quantitative estimate of drug-likeness (QED) is 0.795. The number of nitrogens with zero attached hydrogens (tertiary/aromatic N) is 1. The Kier molecular flexibility index (Phi) is 5.35. The second kappa shape index (κ2) is 7.44. The van der Waals surface area contributed by atoms with E-state index in [4.69, 9.17) is 4.74 Å². The Morgan fingerprint density at radius 2 is 2.00 bits per heavy atom. The number of hydrogen-bond donors (Lipinski definition) is 2. The summed E-state index contributed by atoms with van der Waals surface area (Å²) in [6.07, 6.45) is 0.0113. The van der Waals surface area contributed by atoms with E-state index >= 15 is 0 Å². The zero-order chi connectivity index (χ0) is 15.9. The number of nitrogens with one attached hydrogen (secondary N) is 2. The van der Waals surface area contributed by atoms with Crippen molar-refractivity contribution in [1.82, 2.24) is 15.5 Å². The Bertz CT molecular complexity index is 547. The number of cyclic esters (lactones) is 1. The summed E-state index contributed by atoms with van der Waals surface area (Å²) < 4.78 is 5.08. The Balaban J connectivity index is 1.62. The van der Waals surface area contributed by atoms with Crippen LogP contribution in [0.1, 0.15) is 16.8 Å². The molecule has 1 fully saturated rings. The zero-order valence-corrected chi connectivity index (χ0v) is 12.4. The molecule has 7 heteroatoms. The highest BCUT2D eigenvalue weighted by Crippen LogP contribution is 2.10. The van der Waals surface area contributed by atoms with Crippen LogP contribution in [0.3, 0.4) is 0 Å². The fraction of sp³-hybridized carbons (Fsp3) is 0.400. The first-order valence-corrected chi connectivity index (χ1v) is 7.08. The number of carbonyl (C=O) groups is 3. The third kappa shape index (κ3) is 4.47. The second-order valence-electron chi connectivity index (χ2n) is 5.07. The summed E-state index contributed by atoms with van der Waals surface area (Å²) in [6.45, 7) is 0.837. The second-order valence-corrected chi connectivity index (χ2v) is 5.07. The van der Waals surface area contributed by atoms with E-state index < -0.39 is 0 Å². The smallest absolute Gasteiger partial charge is 0.409 e. The lowest BCUT2D eigenvalue weighted by Crippen LogP contribution is -2.38. The minimum absolute atomic E-state index is 0.0852. The van der Waals surface area contributed by atoms with E-state index in [1.165, 1.54) is 4.90 Å². The first kappa shape index (κ1) is 15.8. The number of ether oxygens (including phenoxy) is 1. The molecule has 0 aliphatic carbocycles. The molecule has 3 amide bonds. The SMILES string of the molecule is CN1CC(CCNC(=O)CNC(=O)c2ccccc2)OC1=O. The molecule has 1 aromatic carbocycles. The molecule has 1 unspecified atom stereocenters. The highest BCUT2D eigenvalue weighted by Gasteiger charge is 2.27. The molecule has 1 heterocycles. The van der Waals surface area contributed by atoms with Crippen molar-refractivity contribution in [3.05, 3.63) is 35.9 Å². The van der Waals surface area contributed by atoms with Crippen LogP contribution in [0.5, 0.6) is 0 Å². The van der Waals surface area contributed by atoms with Crippen molar-refractivity contribution in [3.8, 4) is 0 Å². The molecule has 1 saturated heterocycles. The van der Waals surface area contributed by atoms with Crippen LogP contribution in [0.4, 0.5) is 4.79 Å². The molecule has 0 bridgehead atoms. The summed E-state index contributed by atoms with van der Waals surface area (Å²) in [7, 11) is 1.67. The lowest BCUT2D eigenvalue weighted by Gasteiger charge is -2.10. The maximum absolute atomic E-state index is 11.8. The van der Waals surface area contributed by atoms with Crippen molar-refractivity contribution in [1.29, 1.82) is 0 Å². The summed E-state index contributed by atoms with van der Waals surface area (Å²) >= 11 is 0. The van der Waals surface area contributed by atoms with Crippen LogP contribution in [0.15, 0.2) is 30.3 Å². The highest BCUT2D eigenvalue weighted by molar-refractivity contribution is 5.96. The van der Waals surface area contributed by atoms with Gasteiger partial charge in [0.1, 0.15) is 6.10 Å². The maximum atomic E-state index is 11.8. The first-order valence-electron chi connectivity index (χ1n) is 7.08. The third-order valence-electron chi connectivity index (χ3n) is 3.29. The standard InChI is InChI=1S/C15H19N3O4/c1-18-10-12(22-15(18)21)7-8-16-13(19)9-17-14(20)11-5-3-2-4-6-11/h2-6,12H,7-10H2,1H3,(H,16,19)(H,17,20). The molecule has 0 radical (unpaired) electrons. The molecule has 2 N–H and O–H groups in total. The predicted octanol–water partition coefficient (Wildman–Crippen LogP) is 0.373. The molecule has 0 saturated carbocycles. The van der Waals surface area contributed by atoms with E-state index in [2.05, 4.69) is 10.6 Å². The Morgan fingerprint density at radius 1 is 1.27 bits per heavy atom. The predicted molar refractivity (Wildman–Crippen MR) is 79.3 cm³/mol. The van der Waals surface area contributed by atoms with Crippen molar-refractivity contribution in [2.75, 3.05) is 26.7 Å². The Labute approximate surface area is 128 Å². The number of amides is 3. The van der Waals surface area contributed by atoms with Gasteiger partial charge in [-0.25, -0.2) is 4.79 Å². The molecule has 0 spiro atoms. The summed E-state index contributed by atoms with van der Waals surface area (Å²) in [5.74, 6) is -0.566. The topological polar surface area (TPSA) is 87.7 Å². The molecule has 2 rings (SSSR count). The van der Waals surface area contributed by atoms with Gasteiger partial charge in [-0.05, 0) is 12.1 Å². The summed E-state index contributed by atoms with van der Waals surface area (Å²) in [5.41, 5.74) is 0.510. The largest absolute Gasteiger partial charge is 0.444 e. The molecular weight excluding hydrogens is 286 g/mol. The van der Waals surface area contributed by atoms with E-state index in [9.17, 15) is 14.4 Å². The van der Waals surface area contributed by atoms with Gasteiger partial charge in [0.05, 0.1) is 13.1 Å². The fourth-order valence-corrected chi connectivity index (χ4v) is 2.09. The maximum Gasteiger partial charge on any atom is 0.409 e. The molecule has 22 heavy (non-hydrogen) atoms. The van der Waals surface area contributed by atoms with Crippen LogP contribution in [-0.2, 0) is 9.53 Å². The van der Waals surface area contributed by atoms with Gasteiger partial charge in [-0.3, -0.25) is 9.59 Å². The van der Waals surface area contributed by atoms with E-state index in [1.54, 1.807) is 31.3 Å². The molecule has 7 nitrogen and oxygen atoms in total. The van der Waals surface area contributed by atoms with E-state index in [1.807, 2.05) is 6.07 Å². The van der Waals surface area contributed by atoms with Gasteiger partial charge < -0.3 is 20.3 Å². The van der Waals surface area contributed by atoms with Crippen LogP contribution in [0, 0.1) is 0 Å². The van der Waals surface area contributed by atoms with Gasteiger partial charge in [-0.1, -0.05) is 18.2 Å². The zero-order valence-electron chi connectivity index (χ0n) is 12.4. The number of carbonyl (C=O) groups excluding carboxylic acids is 3. The van der Waals surface area contributed by atoms with Crippen LogP contribution in [0.25, 0.3) is 0 Å². The van der Waals surface area contributed by atoms with Gasteiger partial charge in [0, 0.05) is 25.6 Å². The van der Waals surface area contributed by atoms with Crippen molar-refractivity contribution in [2.45, 2.75) is 12.5 Å². The highest BCUT2D eigenvalue weighted by atomic mass is 16.6. The fourth-order valence-electron chi connectivity index (χ4n) is 2.09. The Morgan fingerprint density at radius 3 is 2.64 bits per heavy atom. The average Bonchev–Trinajstić information content (AvgIpc) is 2.84. The molecule has 1 aliphatic heterocycles. The minimum atomic E-state index is -0.341. The third-order valence-corrected chi connectivity index (χ3v) is 3.29. The average molecular weight is 305 g/mol. The molecule has 1 aliphatic rings. The van der Waals surface area contributed by atoms with Crippen molar-refractivity contribution < 1.29 is 19.1 Å². The van der Waals surface area contributed by atoms with Gasteiger partial charge in [0.25, 0.3) is 5.91 Å². The van der Waals surface area contributed by atoms with E-state index in [0.717, 1.165) is 0 Å². The first-order chi connectivity index (χ1) is 10.6. The monoisotopic (exact) mass is 305 g/mol. The lowest BCUT2D eigenvalue weighted by atomic mass is 10.2. The van der Waals surface area contributed by atoms with Crippen LogP contribution in [-0.4, -0.2) is 55.6 Å². The summed E-state index contributed by atoms with van der Waals surface area (Å²) in [4.78, 5) is 36.0. The van der Waals surface area contributed by atoms with Crippen molar-refractivity contribution >= 4 is 17.9 Å². The number of likely N-dealkylation sites (N-methyl/N-ethyl adjacent to an activating group) is 1. The van der Waals surface area contributed by atoms with Gasteiger partial charge in [0.2, 0.25) is 5.91 Å². The summed E-state index contributed by atoms with van der Waals surface area (Å²) in [5, 5.41) is 5.23. The van der Waals surface area contributed by atoms with Gasteiger partial charge in [-0.2, -0.15) is 0 Å². The summed E-state index contributed by atoms with van der Waals surface area (Å²) in [6, 6.07) is 8.69. The van der Waals surface area contributed by atoms with Gasteiger partial charge in [-0.15, -0.1) is 0 Å². The Hall–Kier alpha value is -2.57. The molecular formula is C15H19N3O4. The minimum Gasteiger partial charge on any atom is -0.444 e. The van der Waals surface area contributed by atoms with E-state index in [-0.39, 0.29) is 30.6 Å². The molecule has 1 atom stereocenters. The number of benzene rings is 1. The molecule has 1 aromatic rings. The van der Waals surface area contributed by atoms with Crippen LogP contribution in [0.2, 0.25) is 0 Å². The van der Waals surface area contributed by atoms with Gasteiger partial charge >= 0.3 is 6.09 Å². The van der Waals surface area contributed by atoms with Crippen molar-refractivity contribution in [2.24, 2.45) is 0 Å². The van der Waals surface area contributed by atoms with Crippen molar-refractivity contribution in [3.63, 3.8) is 0 Å². The van der Waals surface area contributed by atoms with Crippen LogP contribution >= 0.6 is 0 Å². The molecule has 0 aromatic heterocycles.